The molecule has 0 aliphatic carbocycles. The lowest BCUT2D eigenvalue weighted by Gasteiger charge is -2.11. The van der Waals surface area contributed by atoms with Gasteiger partial charge in [-0.05, 0) is 12.1 Å². The fraction of sp³-hybridized carbons (Fsp3) is 0.364. The molecular formula is C11H15ClN2O2. The van der Waals surface area contributed by atoms with Crippen molar-refractivity contribution in [3.63, 3.8) is 0 Å². The van der Waals surface area contributed by atoms with Crippen LogP contribution in [0.4, 0.5) is 5.69 Å². The number of hydrogen-bond donors (Lipinski definition) is 2. The number of nitrogens with one attached hydrogen (secondary N) is 1. The van der Waals surface area contributed by atoms with Gasteiger partial charge in [0.2, 0.25) is 0 Å². The number of hydrogen-bond acceptors (Lipinski definition) is 4. The highest BCUT2D eigenvalue weighted by atomic mass is 35.5. The van der Waals surface area contributed by atoms with Crippen molar-refractivity contribution in [2.24, 2.45) is 5.73 Å². The number of ether oxygens (including phenoxy) is 1. The third-order valence-electron chi connectivity index (χ3n) is 2.20. The van der Waals surface area contributed by atoms with Gasteiger partial charge in [0.1, 0.15) is 0 Å². The van der Waals surface area contributed by atoms with Crippen LogP contribution in [0.1, 0.15) is 12.0 Å². The molecule has 0 saturated heterocycles. The molecule has 0 unspecified atom stereocenters. The Balaban J connectivity index is 2.60. The summed E-state index contributed by atoms with van der Waals surface area (Å²) in [5, 5.41) is 3.74. The minimum Gasteiger partial charge on any atom is -0.469 e. The highest BCUT2D eigenvalue weighted by Crippen LogP contribution is 2.23. The van der Waals surface area contributed by atoms with E-state index < -0.39 is 0 Å². The highest BCUT2D eigenvalue weighted by molar-refractivity contribution is 6.31. The standard InChI is InChI=1S/C11H15ClN2O2/c1-16-11(15)5-6-14-10-4-2-3-9(12)8(10)7-13/h2-4,14H,5-7,13H2,1H3. The SMILES string of the molecule is COC(=O)CCNc1cccc(Cl)c1CN. The van der Waals surface area contributed by atoms with Gasteiger partial charge in [-0.25, -0.2) is 0 Å². The zero-order valence-corrected chi connectivity index (χ0v) is 9.88. The molecule has 16 heavy (non-hydrogen) atoms. The number of rotatable bonds is 5. The van der Waals surface area contributed by atoms with Crippen molar-refractivity contribution >= 4 is 23.3 Å². The summed E-state index contributed by atoms with van der Waals surface area (Å²) in [7, 11) is 1.37. The second-order valence-electron chi connectivity index (χ2n) is 3.22. The van der Waals surface area contributed by atoms with Crippen molar-refractivity contribution in [2.75, 3.05) is 19.0 Å². The molecule has 1 aromatic carbocycles. The lowest BCUT2D eigenvalue weighted by Crippen LogP contribution is -2.12. The van der Waals surface area contributed by atoms with E-state index >= 15 is 0 Å². The number of anilines is 1. The van der Waals surface area contributed by atoms with Crippen LogP contribution in [0, 0.1) is 0 Å². The molecule has 0 aromatic heterocycles. The Hall–Kier alpha value is -1.26. The maximum absolute atomic E-state index is 10.9. The molecular weight excluding hydrogens is 228 g/mol. The molecule has 0 aliphatic rings. The Labute approximate surface area is 99.7 Å². The minimum absolute atomic E-state index is 0.246. The third kappa shape index (κ3) is 3.40. The van der Waals surface area contributed by atoms with Gasteiger partial charge < -0.3 is 15.8 Å². The molecule has 88 valence electrons. The summed E-state index contributed by atoms with van der Waals surface area (Å²) in [6.07, 6.45) is 0.313. The van der Waals surface area contributed by atoms with Crippen LogP contribution >= 0.6 is 11.6 Å². The maximum atomic E-state index is 10.9. The topological polar surface area (TPSA) is 64.3 Å². The monoisotopic (exact) mass is 242 g/mol. The molecule has 1 aromatic rings. The summed E-state index contributed by atoms with van der Waals surface area (Å²) < 4.78 is 4.54. The molecule has 4 nitrogen and oxygen atoms in total. The summed E-state index contributed by atoms with van der Waals surface area (Å²) in [5.74, 6) is -0.246. The van der Waals surface area contributed by atoms with Crippen LogP contribution in [0.3, 0.4) is 0 Å². The van der Waals surface area contributed by atoms with Gasteiger partial charge in [0.15, 0.2) is 0 Å². The van der Waals surface area contributed by atoms with Crippen molar-refractivity contribution in [3.8, 4) is 0 Å². The molecule has 0 spiro atoms. The van der Waals surface area contributed by atoms with E-state index in [2.05, 4.69) is 10.1 Å². The van der Waals surface area contributed by atoms with Crippen LogP contribution in [0.2, 0.25) is 5.02 Å². The van der Waals surface area contributed by atoms with Gasteiger partial charge in [-0.2, -0.15) is 0 Å². The van der Waals surface area contributed by atoms with Gasteiger partial charge in [-0.3, -0.25) is 4.79 Å². The Kier molecular flexibility index (Phi) is 5.08. The van der Waals surface area contributed by atoms with E-state index in [4.69, 9.17) is 17.3 Å². The number of esters is 1. The molecule has 0 aliphatic heterocycles. The highest BCUT2D eigenvalue weighted by Gasteiger charge is 2.05. The predicted octanol–water partition coefficient (Wildman–Crippen LogP) is 1.77. The summed E-state index contributed by atoms with van der Waals surface area (Å²) in [5.41, 5.74) is 7.31. The first-order chi connectivity index (χ1) is 7.69. The van der Waals surface area contributed by atoms with E-state index in [1.807, 2.05) is 12.1 Å². The van der Waals surface area contributed by atoms with Gasteiger partial charge in [-0.15, -0.1) is 0 Å². The smallest absolute Gasteiger partial charge is 0.307 e. The Morgan fingerprint density at radius 2 is 2.31 bits per heavy atom. The summed E-state index contributed by atoms with van der Waals surface area (Å²) >= 11 is 5.99. The normalized spacial score (nSPS) is 9.94. The van der Waals surface area contributed by atoms with Crippen LogP contribution in [0.5, 0.6) is 0 Å². The van der Waals surface area contributed by atoms with Crippen molar-refractivity contribution in [1.29, 1.82) is 0 Å². The molecule has 1 rings (SSSR count). The van der Waals surface area contributed by atoms with E-state index in [1.165, 1.54) is 7.11 Å². The van der Waals surface area contributed by atoms with Crippen molar-refractivity contribution in [2.45, 2.75) is 13.0 Å². The molecule has 0 saturated carbocycles. The lowest BCUT2D eigenvalue weighted by atomic mass is 10.1. The molecule has 5 heteroatoms. The van der Waals surface area contributed by atoms with Crippen LogP contribution in [0.15, 0.2) is 18.2 Å². The van der Waals surface area contributed by atoms with Crippen LogP contribution < -0.4 is 11.1 Å². The number of halogens is 1. The van der Waals surface area contributed by atoms with Crippen molar-refractivity contribution in [3.05, 3.63) is 28.8 Å². The summed E-state index contributed by atoms with van der Waals surface area (Å²) in [4.78, 5) is 10.9. The average molecular weight is 243 g/mol. The Morgan fingerprint density at radius 1 is 1.56 bits per heavy atom. The first kappa shape index (κ1) is 12.8. The fourth-order valence-electron chi connectivity index (χ4n) is 1.33. The quantitative estimate of drug-likeness (QED) is 0.773. The fourth-order valence-corrected chi connectivity index (χ4v) is 1.58. The van der Waals surface area contributed by atoms with Crippen LogP contribution in [-0.2, 0) is 16.1 Å². The zero-order valence-electron chi connectivity index (χ0n) is 9.13. The molecule has 3 N–H and O–H groups in total. The van der Waals surface area contributed by atoms with E-state index in [-0.39, 0.29) is 5.97 Å². The number of carbonyl (C=O) groups is 1. The molecule has 0 fully saturated rings. The van der Waals surface area contributed by atoms with Gasteiger partial charge >= 0.3 is 5.97 Å². The van der Waals surface area contributed by atoms with E-state index in [0.29, 0.717) is 24.5 Å². The maximum Gasteiger partial charge on any atom is 0.307 e. The largest absolute Gasteiger partial charge is 0.469 e. The average Bonchev–Trinajstić information content (AvgIpc) is 2.29. The third-order valence-corrected chi connectivity index (χ3v) is 2.55. The summed E-state index contributed by atoms with van der Waals surface area (Å²) in [6, 6.07) is 5.50. The minimum atomic E-state index is -0.246. The number of nitrogens with two attached hydrogens (primary N) is 1. The van der Waals surface area contributed by atoms with E-state index in [9.17, 15) is 4.79 Å². The van der Waals surface area contributed by atoms with Crippen LogP contribution in [0.25, 0.3) is 0 Å². The van der Waals surface area contributed by atoms with E-state index in [0.717, 1.165) is 11.3 Å². The molecule has 0 atom stereocenters. The Morgan fingerprint density at radius 3 is 2.94 bits per heavy atom. The van der Waals surface area contributed by atoms with E-state index in [1.54, 1.807) is 6.07 Å². The second-order valence-corrected chi connectivity index (χ2v) is 3.63. The molecule has 0 radical (unpaired) electrons. The van der Waals surface area contributed by atoms with Gasteiger partial charge in [0, 0.05) is 29.4 Å². The van der Waals surface area contributed by atoms with Gasteiger partial charge in [-0.1, -0.05) is 17.7 Å². The van der Waals surface area contributed by atoms with Crippen LogP contribution in [-0.4, -0.2) is 19.6 Å². The number of methoxy groups -OCH3 is 1. The molecule has 0 bridgehead atoms. The summed E-state index contributed by atoms with van der Waals surface area (Å²) in [6.45, 7) is 0.861. The second kappa shape index (κ2) is 6.35. The molecule has 0 amide bonds. The zero-order chi connectivity index (χ0) is 12.0. The predicted molar refractivity (Wildman–Crippen MR) is 64.5 cm³/mol. The lowest BCUT2D eigenvalue weighted by molar-refractivity contribution is -0.140. The van der Waals surface area contributed by atoms with Gasteiger partial charge in [0.05, 0.1) is 13.5 Å². The van der Waals surface area contributed by atoms with Gasteiger partial charge in [0.25, 0.3) is 0 Å². The van der Waals surface area contributed by atoms with Crippen molar-refractivity contribution in [1.82, 2.24) is 0 Å². The van der Waals surface area contributed by atoms with Crippen molar-refractivity contribution < 1.29 is 9.53 Å². The Bertz CT molecular complexity index is 369. The molecule has 0 heterocycles. The first-order valence-electron chi connectivity index (χ1n) is 4.97. The number of benzene rings is 1. The number of carbonyl (C=O) groups excluding carboxylic acids is 1. The first-order valence-corrected chi connectivity index (χ1v) is 5.35.